The SMILES string of the molecule is C=Cc1cccc(-n2nnn(C)c2=O)c1I. The monoisotopic (exact) mass is 328 g/mol. The molecule has 0 amide bonds. The number of tetrazole rings is 1. The fourth-order valence-corrected chi connectivity index (χ4v) is 2.13. The van der Waals surface area contributed by atoms with Crippen molar-refractivity contribution in [2.45, 2.75) is 0 Å². The van der Waals surface area contributed by atoms with E-state index in [1.807, 2.05) is 18.2 Å². The van der Waals surface area contributed by atoms with Gasteiger partial charge in [-0.3, -0.25) is 0 Å². The number of nitrogens with zero attached hydrogens (tertiary/aromatic N) is 4. The Labute approximate surface area is 106 Å². The molecule has 0 atom stereocenters. The second kappa shape index (κ2) is 4.20. The molecule has 0 aliphatic heterocycles. The molecule has 16 heavy (non-hydrogen) atoms. The second-order valence-corrected chi connectivity index (χ2v) is 4.26. The van der Waals surface area contributed by atoms with E-state index in [4.69, 9.17) is 0 Å². The Morgan fingerprint density at radius 3 is 2.75 bits per heavy atom. The summed E-state index contributed by atoms with van der Waals surface area (Å²) in [6.45, 7) is 3.72. The predicted molar refractivity (Wildman–Crippen MR) is 69.4 cm³/mol. The molecule has 1 aromatic carbocycles. The van der Waals surface area contributed by atoms with Gasteiger partial charge in [0.1, 0.15) is 0 Å². The first-order chi connectivity index (χ1) is 7.65. The number of rotatable bonds is 2. The Kier molecular flexibility index (Phi) is 2.90. The summed E-state index contributed by atoms with van der Waals surface area (Å²) in [6.07, 6.45) is 1.74. The Hall–Kier alpha value is -1.44. The van der Waals surface area contributed by atoms with E-state index >= 15 is 0 Å². The summed E-state index contributed by atoms with van der Waals surface area (Å²) >= 11 is 2.16. The Morgan fingerprint density at radius 1 is 1.44 bits per heavy atom. The number of halogens is 1. The van der Waals surface area contributed by atoms with Crippen LogP contribution in [0.25, 0.3) is 11.8 Å². The van der Waals surface area contributed by atoms with Gasteiger partial charge in [-0.15, -0.1) is 0 Å². The van der Waals surface area contributed by atoms with Crippen molar-refractivity contribution in [2.24, 2.45) is 7.05 Å². The van der Waals surface area contributed by atoms with Gasteiger partial charge in [-0.2, -0.15) is 9.36 Å². The van der Waals surface area contributed by atoms with Gasteiger partial charge in [0, 0.05) is 10.6 Å². The Bertz CT molecular complexity index is 599. The molecule has 0 saturated carbocycles. The molecule has 82 valence electrons. The minimum atomic E-state index is -0.265. The molecule has 1 heterocycles. The molecule has 6 heteroatoms. The Balaban J connectivity index is 2.70. The van der Waals surface area contributed by atoms with E-state index in [2.05, 4.69) is 39.6 Å². The normalized spacial score (nSPS) is 10.4. The third kappa shape index (κ3) is 1.69. The average Bonchev–Trinajstić information content (AvgIpc) is 2.61. The van der Waals surface area contributed by atoms with Crippen molar-refractivity contribution in [3.05, 3.63) is 44.4 Å². The van der Waals surface area contributed by atoms with Crippen LogP contribution in [-0.2, 0) is 7.05 Å². The van der Waals surface area contributed by atoms with Crippen molar-refractivity contribution in [2.75, 3.05) is 0 Å². The standard InChI is InChI=1S/C10H9IN4O/c1-3-7-5-4-6-8(9(7)11)15-10(16)14(2)12-13-15/h3-6H,1H2,2H3. The fraction of sp³-hybridized carbons (Fsp3) is 0.100. The van der Waals surface area contributed by atoms with Gasteiger partial charge in [-0.25, -0.2) is 4.79 Å². The van der Waals surface area contributed by atoms with Crippen molar-refractivity contribution in [1.82, 2.24) is 19.8 Å². The van der Waals surface area contributed by atoms with Gasteiger partial charge >= 0.3 is 5.69 Å². The van der Waals surface area contributed by atoms with Gasteiger partial charge in [0.05, 0.1) is 5.69 Å². The zero-order valence-electron chi connectivity index (χ0n) is 8.59. The summed E-state index contributed by atoms with van der Waals surface area (Å²) in [5.41, 5.74) is 1.42. The minimum Gasteiger partial charge on any atom is -0.244 e. The molecule has 1 aromatic heterocycles. The van der Waals surface area contributed by atoms with Crippen LogP contribution >= 0.6 is 22.6 Å². The summed E-state index contributed by atoms with van der Waals surface area (Å²) < 4.78 is 3.39. The zero-order valence-corrected chi connectivity index (χ0v) is 10.7. The van der Waals surface area contributed by atoms with E-state index in [0.29, 0.717) is 0 Å². The zero-order chi connectivity index (χ0) is 11.7. The number of benzene rings is 1. The molecule has 0 N–H and O–H groups in total. The summed E-state index contributed by atoms with van der Waals surface area (Å²) in [6, 6.07) is 5.61. The highest BCUT2D eigenvalue weighted by atomic mass is 127. The molecule has 0 bridgehead atoms. The van der Waals surface area contributed by atoms with Gasteiger partial charge in [0.25, 0.3) is 0 Å². The highest BCUT2D eigenvalue weighted by Crippen LogP contribution is 2.20. The first kappa shape index (κ1) is 11.1. The van der Waals surface area contributed by atoms with E-state index in [1.54, 1.807) is 13.1 Å². The van der Waals surface area contributed by atoms with Crippen LogP contribution in [0.3, 0.4) is 0 Å². The van der Waals surface area contributed by atoms with Crippen molar-refractivity contribution >= 4 is 28.7 Å². The Morgan fingerprint density at radius 2 is 2.19 bits per heavy atom. The quantitative estimate of drug-likeness (QED) is 0.779. The van der Waals surface area contributed by atoms with E-state index < -0.39 is 0 Å². The molecule has 0 saturated heterocycles. The summed E-state index contributed by atoms with van der Waals surface area (Å²) in [5.74, 6) is 0. The van der Waals surface area contributed by atoms with Crippen LogP contribution in [-0.4, -0.2) is 19.8 Å². The first-order valence-corrected chi connectivity index (χ1v) is 5.63. The predicted octanol–water partition coefficient (Wildman–Crippen LogP) is 1.21. The van der Waals surface area contributed by atoms with Crippen molar-refractivity contribution < 1.29 is 0 Å². The van der Waals surface area contributed by atoms with Crippen LogP contribution in [0.1, 0.15) is 5.56 Å². The van der Waals surface area contributed by atoms with E-state index in [9.17, 15) is 4.79 Å². The van der Waals surface area contributed by atoms with Crippen LogP contribution in [0.5, 0.6) is 0 Å². The lowest BCUT2D eigenvalue weighted by Crippen LogP contribution is -2.22. The lowest BCUT2D eigenvalue weighted by molar-refractivity contribution is 0.693. The van der Waals surface area contributed by atoms with Gasteiger partial charge in [0.2, 0.25) is 0 Å². The van der Waals surface area contributed by atoms with Crippen molar-refractivity contribution in [1.29, 1.82) is 0 Å². The van der Waals surface area contributed by atoms with E-state index in [0.717, 1.165) is 14.8 Å². The van der Waals surface area contributed by atoms with Crippen molar-refractivity contribution in [3.63, 3.8) is 0 Å². The molecule has 5 nitrogen and oxygen atoms in total. The van der Waals surface area contributed by atoms with Gasteiger partial charge in [-0.1, -0.05) is 24.8 Å². The van der Waals surface area contributed by atoms with E-state index in [1.165, 1.54) is 9.36 Å². The van der Waals surface area contributed by atoms with Crippen LogP contribution in [0.15, 0.2) is 29.6 Å². The van der Waals surface area contributed by atoms with Crippen LogP contribution in [0.4, 0.5) is 0 Å². The summed E-state index contributed by atoms with van der Waals surface area (Å²) in [4.78, 5) is 11.7. The molecule has 0 spiro atoms. The highest BCUT2D eigenvalue weighted by molar-refractivity contribution is 14.1. The summed E-state index contributed by atoms with van der Waals surface area (Å²) in [7, 11) is 1.57. The smallest absolute Gasteiger partial charge is 0.244 e. The van der Waals surface area contributed by atoms with E-state index in [-0.39, 0.29) is 5.69 Å². The van der Waals surface area contributed by atoms with Crippen LogP contribution < -0.4 is 5.69 Å². The van der Waals surface area contributed by atoms with Crippen LogP contribution in [0.2, 0.25) is 0 Å². The molecule has 0 aliphatic carbocycles. The maximum Gasteiger partial charge on any atom is 0.368 e. The molecule has 0 unspecified atom stereocenters. The van der Waals surface area contributed by atoms with Crippen molar-refractivity contribution in [3.8, 4) is 5.69 Å². The molecular weight excluding hydrogens is 319 g/mol. The lowest BCUT2D eigenvalue weighted by atomic mass is 10.2. The lowest BCUT2D eigenvalue weighted by Gasteiger charge is -2.04. The number of aryl methyl sites for hydroxylation is 1. The molecule has 2 rings (SSSR count). The third-order valence-electron chi connectivity index (χ3n) is 2.18. The molecule has 0 aliphatic rings. The van der Waals surface area contributed by atoms with Crippen LogP contribution in [0, 0.1) is 3.57 Å². The molecule has 0 radical (unpaired) electrons. The van der Waals surface area contributed by atoms with Gasteiger partial charge < -0.3 is 0 Å². The number of hydrogen-bond donors (Lipinski definition) is 0. The number of hydrogen-bond acceptors (Lipinski definition) is 3. The first-order valence-electron chi connectivity index (χ1n) is 4.55. The van der Waals surface area contributed by atoms with Gasteiger partial charge in [0.15, 0.2) is 0 Å². The topological polar surface area (TPSA) is 52.7 Å². The maximum absolute atomic E-state index is 11.7. The fourth-order valence-electron chi connectivity index (χ4n) is 1.32. The molecule has 2 aromatic rings. The third-order valence-corrected chi connectivity index (χ3v) is 3.35. The highest BCUT2D eigenvalue weighted by Gasteiger charge is 2.10. The van der Waals surface area contributed by atoms with Gasteiger partial charge in [-0.05, 0) is 44.6 Å². The largest absolute Gasteiger partial charge is 0.368 e. The molecular formula is C10H9IN4O. The maximum atomic E-state index is 11.7. The minimum absolute atomic E-state index is 0.265. The molecule has 0 fully saturated rings. The number of aromatic nitrogens is 4. The second-order valence-electron chi connectivity index (χ2n) is 3.18. The average molecular weight is 328 g/mol. The summed E-state index contributed by atoms with van der Waals surface area (Å²) in [5, 5.41) is 7.48.